The summed E-state index contributed by atoms with van der Waals surface area (Å²) >= 11 is 0. The van der Waals surface area contributed by atoms with E-state index in [2.05, 4.69) is 0 Å². The van der Waals surface area contributed by atoms with Crippen LogP contribution in [0.25, 0.3) is 0 Å². The zero-order chi connectivity index (χ0) is 26.1. The molecule has 0 aliphatic rings. The van der Waals surface area contributed by atoms with Gasteiger partial charge in [0.15, 0.2) is 0 Å². The Labute approximate surface area is 155 Å². The van der Waals surface area contributed by atoms with E-state index in [0.717, 1.165) is 0 Å². The van der Waals surface area contributed by atoms with Crippen molar-refractivity contribution in [2.75, 3.05) is 0 Å². The molecule has 0 atom stereocenters. The van der Waals surface area contributed by atoms with E-state index in [4.69, 9.17) is 10.2 Å². The second-order valence-electron chi connectivity index (χ2n) is 5.53. The summed E-state index contributed by atoms with van der Waals surface area (Å²) in [5, 5.41) is 15.2. The van der Waals surface area contributed by atoms with Crippen LogP contribution >= 0.6 is 0 Å². The SMILES string of the molecule is OC(O)(F)C(F)(F)C(F)(F)C(F)(F)C(F)(F)C(F)(F)C(F)(F)C(F)(F)C(F)(F)C(F)F. The molecule has 0 unspecified atom stereocenters. The van der Waals surface area contributed by atoms with Crippen LogP contribution in [0.4, 0.5) is 83.4 Å². The second-order valence-corrected chi connectivity index (χ2v) is 5.53. The van der Waals surface area contributed by atoms with Crippen molar-refractivity contribution in [3.05, 3.63) is 0 Å². The molecule has 21 heteroatoms. The predicted molar refractivity (Wildman–Crippen MR) is 53.9 cm³/mol. The molecule has 2 N–H and O–H groups in total. The van der Waals surface area contributed by atoms with Crippen molar-refractivity contribution < 1.29 is 93.6 Å². The van der Waals surface area contributed by atoms with Crippen LogP contribution in [0, 0.1) is 0 Å². The Morgan fingerprint density at radius 3 is 0.742 bits per heavy atom. The minimum absolute atomic E-state index is 6.08. The van der Waals surface area contributed by atoms with Crippen LogP contribution in [-0.4, -0.2) is 70.1 Å². The number of rotatable bonds is 9. The highest BCUT2D eigenvalue weighted by Crippen LogP contribution is 2.64. The molecule has 0 spiro atoms. The van der Waals surface area contributed by atoms with Crippen molar-refractivity contribution in [2.45, 2.75) is 59.8 Å². The highest BCUT2D eigenvalue weighted by molar-refractivity contribution is 5.16. The lowest BCUT2D eigenvalue weighted by Gasteiger charge is -2.44. The molecular formula is C10H3F19O2. The molecule has 0 radical (unpaired) electrons. The van der Waals surface area contributed by atoms with Gasteiger partial charge in [-0.25, -0.2) is 8.78 Å². The van der Waals surface area contributed by atoms with E-state index in [1.807, 2.05) is 0 Å². The monoisotopic (exact) mass is 516 g/mol. The summed E-state index contributed by atoms with van der Waals surface area (Å²) in [5.41, 5.74) is 0. The van der Waals surface area contributed by atoms with Crippen LogP contribution in [0.3, 0.4) is 0 Å². The Morgan fingerprint density at radius 1 is 0.355 bits per heavy atom. The third-order valence-electron chi connectivity index (χ3n) is 3.46. The Bertz CT molecular complexity index is 659. The average molecular weight is 516 g/mol. The first-order valence-electron chi connectivity index (χ1n) is 6.39. The second kappa shape index (κ2) is 7.04. The van der Waals surface area contributed by atoms with Crippen molar-refractivity contribution in [1.29, 1.82) is 0 Å². The fourth-order valence-electron chi connectivity index (χ4n) is 1.53. The molecule has 0 rings (SSSR count). The first-order valence-corrected chi connectivity index (χ1v) is 6.39. The van der Waals surface area contributed by atoms with Gasteiger partial charge in [0, 0.05) is 0 Å². The quantitative estimate of drug-likeness (QED) is 0.337. The van der Waals surface area contributed by atoms with Gasteiger partial charge in [0.25, 0.3) is 0 Å². The van der Waals surface area contributed by atoms with Gasteiger partial charge >= 0.3 is 59.8 Å². The van der Waals surface area contributed by atoms with Crippen molar-refractivity contribution in [3.63, 3.8) is 0 Å². The summed E-state index contributed by atoms with van der Waals surface area (Å²) in [5.74, 6) is -68.3. The first-order chi connectivity index (χ1) is 12.9. The lowest BCUT2D eigenvalue weighted by Crippen LogP contribution is -2.76. The lowest BCUT2D eigenvalue weighted by molar-refractivity contribution is -0.484. The smallest absolute Gasteiger partial charge is 0.335 e. The highest BCUT2D eigenvalue weighted by Gasteiger charge is 2.96. The van der Waals surface area contributed by atoms with Crippen LogP contribution in [0.15, 0.2) is 0 Å². The minimum Gasteiger partial charge on any atom is -0.335 e. The van der Waals surface area contributed by atoms with Gasteiger partial charge in [-0.05, 0) is 0 Å². The topological polar surface area (TPSA) is 40.5 Å². The Hall–Kier alpha value is -1.41. The van der Waals surface area contributed by atoms with E-state index in [-0.39, 0.29) is 0 Å². The summed E-state index contributed by atoms with van der Waals surface area (Å²) in [6.07, 6.45) is -6.08. The molecule has 0 aromatic heterocycles. The maximum Gasteiger partial charge on any atom is 0.400 e. The third kappa shape index (κ3) is 3.45. The maximum atomic E-state index is 13.2. The third-order valence-corrected chi connectivity index (χ3v) is 3.46. The van der Waals surface area contributed by atoms with Crippen LogP contribution in [0.2, 0.25) is 0 Å². The average Bonchev–Trinajstić information content (AvgIpc) is 2.52. The number of hydrogen-bond acceptors (Lipinski definition) is 2. The molecule has 0 aliphatic heterocycles. The number of halogens is 19. The van der Waals surface area contributed by atoms with Gasteiger partial charge in [0.1, 0.15) is 0 Å². The van der Waals surface area contributed by atoms with Crippen LogP contribution in [-0.2, 0) is 0 Å². The van der Waals surface area contributed by atoms with Crippen LogP contribution in [0.5, 0.6) is 0 Å². The van der Waals surface area contributed by atoms with Crippen molar-refractivity contribution in [2.24, 2.45) is 0 Å². The molecule has 0 aromatic rings. The molecule has 0 amide bonds. The van der Waals surface area contributed by atoms with E-state index >= 15 is 0 Å². The molecule has 0 aromatic carbocycles. The highest BCUT2D eigenvalue weighted by atomic mass is 19.4. The van der Waals surface area contributed by atoms with E-state index in [1.54, 1.807) is 0 Å². The van der Waals surface area contributed by atoms with Gasteiger partial charge in [0.05, 0.1) is 0 Å². The summed E-state index contributed by atoms with van der Waals surface area (Å²) in [6, 6.07) is -6.97. The van der Waals surface area contributed by atoms with Crippen molar-refractivity contribution >= 4 is 0 Å². The molecule has 0 saturated heterocycles. The standard InChI is InChI=1S/C10H3F19O2/c11-1(12)2(13,14)3(15,16)4(17,18)5(19,20)6(21,22)7(23,24)8(25,26)9(27,28)10(29,30)31/h1,30-31H. The largest absolute Gasteiger partial charge is 0.400 e. The predicted octanol–water partition coefficient (Wildman–Crippen LogP) is 4.94. The molecule has 0 saturated carbocycles. The Morgan fingerprint density at radius 2 is 0.548 bits per heavy atom. The Balaban J connectivity index is 6.91. The van der Waals surface area contributed by atoms with Crippen LogP contribution in [0.1, 0.15) is 0 Å². The molecule has 0 aliphatic carbocycles. The van der Waals surface area contributed by atoms with Gasteiger partial charge in [-0.1, -0.05) is 0 Å². The summed E-state index contributed by atoms with van der Waals surface area (Å²) in [4.78, 5) is 0. The molecular weight excluding hydrogens is 513 g/mol. The first kappa shape index (κ1) is 29.6. The van der Waals surface area contributed by atoms with E-state index in [9.17, 15) is 83.4 Å². The van der Waals surface area contributed by atoms with E-state index in [0.29, 0.717) is 0 Å². The fourth-order valence-corrected chi connectivity index (χ4v) is 1.53. The van der Waals surface area contributed by atoms with E-state index < -0.39 is 59.8 Å². The van der Waals surface area contributed by atoms with Gasteiger partial charge in [-0.2, -0.15) is 74.6 Å². The van der Waals surface area contributed by atoms with Crippen molar-refractivity contribution in [3.8, 4) is 0 Å². The molecule has 0 bridgehead atoms. The number of hydrogen-bond donors (Lipinski definition) is 2. The van der Waals surface area contributed by atoms with Gasteiger partial charge < -0.3 is 10.2 Å². The normalized spacial score (nSPS) is 16.8. The van der Waals surface area contributed by atoms with Crippen LogP contribution < -0.4 is 0 Å². The number of aliphatic hydroxyl groups is 2. The summed E-state index contributed by atoms with van der Waals surface area (Å²) < 4.78 is 243. The number of alkyl halides is 19. The Kier molecular flexibility index (Phi) is 6.72. The molecule has 0 heterocycles. The molecule has 188 valence electrons. The maximum absolute atomic E-state index is 13.2. The zero-order valence-electron chi connectivity index (χ0n) is 13.2. The van der Waals surface area contributed by atoms with Gasteiger partial charge in [-0.15, -0.1) is 0 Å². The fraction of sp³-hybridized carbons (Fsp3) is 1.00. The molecule has 2 nitrogen and oxygen atoms in total. The minimum atomic E-state index is -9.00. The van der Waals surface area contributed by atoms with E-state index in [1.165, 1.54) is 0 Å². The molecule has 0 fully saturated rings. The van der Waals surface area contributed by atoms with Gasteiger partial charge in [0.2, 0.25) is 0 Å². The summed E-state index contributed by atoms with van der Waals surface area (Å²) in [7, 11) is 0. The van der Waals surface area contributed by atoms with Crippen molar-refractivity contribution in [1.82, 2.24) is 0 Å². The summed E-state index contributed by atoms with van der Waals surface area (Å²) in [6.45, 7) is 0. The van der Waals surface area contributed by atoms with Gasteiger partial charge in [-0.3, -0.25) is 0 Å². The molecule has 31 heavy (non-hydrogen) atoms. The zero-order valence-corrected chi connectivity index (χ0v) is 13.2. The lowest BCUT2D eigenvalue weighted by atomic mass is 9.87.